The molecule has 1 aromatic carbocycles. The van der Waals surface area contributed by atoms with Gasteiger partial charge in [-0.1, -0.05) is 84.7 Å². The Morgan fingerprint density at radius 2 is 1.72 bits per heavy atom. The summed E-state index contributed by atoms with van der Waals surface area (Å²) in [6.07, 6.45) is 9.36. The van der Waals surface area contributed by atoms with Gasteiger partial charge in [-0.3, -0.25) is 9.59 Å². The molecule has 0 bridgehead atoms. The van der Waals surface area contributed by atoms with Crippen molar-refractivity contribution >= 4 is 45.7 Å². The molecule has 4 unspecified atom stereocenters. The number of carbonyl (C=O) groups is 2. The molecule has 2 fully saturated rings. The fraction of sp³-hybridized carbons (Fsp3) is 0.436. The van der Waals surface area contributed by atoms with Crippen LogP contribution in [-0.4, -0.2) is 50.3 Å². The number of aromatic nitrogens is 1. The molecule has 4 atom stereocenters. The molecule has 5 rings (SSSR count). The van der Waals surface area contributed by atoms with Gasteiger partial charge in [0.1, 0.15) is 0 Å². The molecule has 0 spiro atoms. The van der Waals surface area contributed by atoms with Crippen LogP contribution in [0.3, 0.4) is 0 Å². The average Bonchev–Trinajstić information content (AvgIpc) is 3.76. The minimum atomic E-state index is -0.677. The molecule has 2 aliphatic carbocycles. The van der Waals surface area contributed by atoms with Crippen molar-refractivity contribution in [1.29, 1.82) is 0 Å². The summed E-state index contributed by atoms with van der Waals surface area (Å²) < 4.78 is 2.06. The van der Waals surface area contributed by atoms with E-state index >= 15 is 0 Å². The molecule has 2 saturated carbocycles. The van der Waals surface area contributed by atoms with Crippen LogP contribution in [0.2, 0.25) is 0 Å². The Morgan fingerprint density at radius 1 is 1.09 bits per heavy atom. The first-order valence-electron chi connectivity index (χ1n) is 16.6. The maximum Gasteiger partial charge on any atom is 0.244 e. The van der Waals surface area contributed by atoms with Crippen LogP contribution in [0.5, 0.6) is 0 Å². The first kappa shape index (κ1) is 34.5. The van der Waals surface area contributed by atoms with Crippen molar-refractivity contribution in [3.8, 4) is 0 Å². The van der Waals surface area contributed by atoms with Gasteiger partial charge in [-0.2, -0.15) is 0 Å². The van der Waals surface area contributed by atoms with Crippen LogP contribution in [-0.2, 0) is 16.6 Å². The summed E-state index contributed by atoms with van der Waals surface area (Å²) in [5.41, 5.74) is 3.97. The van der Waals surface area contributed by atoms with Gasteiger partial charge in [-0.25, -0.2) is 0 Å². The topological polar surface area (TPSA) is 78.4 Å². The van der Waals surface area contributed by atoms with Crippen LogP contribution in [0, 0.1) is 22.2 Å². The summed E-state index contributed by atoms with van der Waals surface area (Å²) in [7, 11) is 4.69. The zero-order valence-corrected chi connectivity index (χ0v) is 31.6. The third-order valence-corrected chi connectivity index (χ3v) is 12.5. The maximum atomic E-state index is 14.5. The van der Waals surface area contributed by atoms with Gasteiger partial charge in [-0.15, -0.1) is 0 Å². The smallest absolute Gasteiger partial charge is 0.244 e. The number of hydrogen-bond donors (Lipinski definition) is 3. The van der Waals surface area contributed by atoms with Crippen LogP contribution in [0.15, 0.2) is 79.6 Å². The Balaban J connectivity index is 1.60. The number of amides is 2. The Labute approximate surface area is 283 Å². The van der Waals surface area contributed by atoms with E-state index in [1.165, 1.54) is 0 Å². The van der Waals surface area contributed by atoms with Crippen molar-refractivity contribution in [2.75, 3.05) is 17.7 Å². The quantitative estimate of drug-likeness (QED) is 0.233. The number of rotatable bonds is 12. The summed E-state index contributed by atoms with van der Waals surface area (Å²) in [6.45, 7) is 27.4. The first-order chi connectivity index (χ1) is 21.9. The number of allylic oxidation sites excluding steroid dienone is 3. The first-order valence-corrected chi connectivity index (χ1v) is 17.6. The van der Waals surface area contributed by atoms with E-state index in [9.17, 15) is 9.59 Å². The minimum absolute atomic E-state index is 0.000256. The second kappa shape index (κ2) is 12.0. The lowest BCUT2D eigenvalue weighted by atomic mass is 9.77. The molecule has 3 N–H and O–H groups in total. The monoisotopic (exact) mass is 651 g/mol. The molecule has 7 nitrogen and oxygen atoms in total. The van der Waals surface area contributed by atoms with Crippen molar-refractivity contribution in [1.82, 2.24) is 14.4 Å². The Bertz CT molecular complexity index is 1820. The van der Waals surface area contributed by atoms with E-state index < -0.39 is 5.54 Å². The predicted octanol–water partition coefficient (Wildman–Crippen LogP) is 4.51. The highest BCUT2D eigenvalue weighted by Crippen LogP contribution is 2.60. The number of carbonyl (C=O) groups excluding carboxylic acids is 2. The highest BCUT2D eigenvalue weighted by Gasteiger charge is 2.67. The van der Waals surface area contributed by atoms with Gasteiger partial charge in [0.2, 0.25) is 11.8 Å². The maximum absolute atomic E-state index is 14.5. The van der Waals surface area contributed by atoms with Crippen molar-refractivity contribution in [2.45, 2.75) is 71.9 Å². The molecule has 2 aromatic rings. The van der Waals surface area contributed by atoms with Crippen LogP contribution in [0.25, 0.3) is 12.2 Å². The third kappa shape index (κ3) is 6.02. The van der Waals surface area contributed by atoms with E-state index in [-0.39, 0.29) is 40.0 Å². The number of nitrogens with zero attached hydrogens (tertiary/aromatic N) is 2. The van der Waals surface area contributed by atoms with Gasteiger partial charge >= 0.3 is 0 Å². The Kier molecular flexibility index (Phi) is 8.78. The van der Waals surface area contributed by atoms with Gasteiger partial charge in [0.15, 0.2) is 0 Å². The lowest BCUT2D eigenvalue weighted by Gasteiger charge is -2.30. The number of benzene rings is 1. The SMILES string of the molecule is C=CC(=C)C(C)(C)CCC1(C)CC1(N[SiH3])C(=O)Nc1cccc(NC(=O)C2CC2(C)C)c1C(=c1ccc(=C)n1C)C1C=CC(=C)N1C. The van der Waals surface area contributed by atoms with Gasteiger partial charge in [-0.05, 0) is 72.3 Å². The molecule has 2 amide bonds. The normalized spacial score (nSPS) is 26.6. The van der Waals surface area contributed by atoms with Gasteiger partial charge in [0.25, 0.3) is 0 Å². The molecule has 47 heavy (non-hydrogen) atoms. The highest BCUT2D eigenvalue weighted by molar-refractivity contribution is 6.13. The zero-order chi connectivity index (χ0) is 34.7. The third-order valence-electron chi connectivity index (χ3n) is 11.6. The van der Waals surface area contributed by atoms with Gasteiger partial charge < -0.3 is 25.1 Å². The Morgan fingerprint density at radius 3 is 2.23 bits per heavy atom. The molecule has 3 aliphatic rings. The number of nitrogens with one attached hydrogen (secondary N) is 3. The van der Waals surface area contributed by atoms with Crippen LogP contribution in [0.1, 0.15) is 65.9 Å². The van der Waals surface area contributed by atoms with Crippen molar-refractivity contribution in [3.05, 3.63) is 95.8 Å². The molecule has 0 saturated heterocycles. The van der Waals surface area contributed by atoms with E-state index in [0.717, 1.165) is 58.8 Å². The van der Waals surface area contributed by atoms with Crippen LogP contribution < -0.4 is 26.3 Å². The predicted molar refractivity (Wildman–Crippen MR) is 199 cm³/mol. The van der Waals surface area contributed by atoms with Gasteiger partial charge in [0, 0.05) is 47.5 Å². The summed E-state index contributed by atoms with van der Waals surface area (Å²) >= 11 is 0. The summed E-state index contributed by atoms with van der Waals surface area (Å²) in [5, 5.41) is 8.47. The number of likely N-dealkylation sites (N-methyl/N-ethyl adjacent to an activating group) is 1. The molecule has 1 aromatic heterocycles. The zero-order valence-electron chi connectivity index (χ0n) is 29.6. The van der Waals surface area contributed by atoms with E-state index in [1.807, 2.05) is 50.5 Å². The summed E-state index contributed by atoms with van der Waals surface area (Å²) in [6, 6.07) is 9.67. The van der Waals surface area contributed by atoms with Crippen molar-refractivity contribution < 1.29 is 9.59 Å². The minimum Gasteiger partial charge on any atom is -0.364 e. The molecule has 1 aliphatic heterocycles. The summed E-state index contributed by atoms with van der Waals surface area (Å²) in [4.78, 5) is 33.7. The number of anilines is 2. The standard InChI is InChI=1S/C39H53N5O2Si/c1-12-24(2)36(5,6)20-21-38(9)23-39(38,42-47)35(46)41-29-15-13-14-28(40-34(45)27-22-37(27,7)8)32(29)33(30-18-16-25(3)43(30)10)31-19-17-26(4)44(31)11/h12-19,27,30,42H,1-4,20-23H2,5-11,47H3,(H,40,45)(H,41,46). The molecule has 0 radical (unpaired) electrons. The van der Waals surface area contributed by atoms with E-state index in [1.54, 1.807) is 0 Å². The Hall–Kier alpha value is -3.88. The van der Waals surface area contributed by atoms with Crippen LogP contribution in [0.4, 0.5) is 11.4 Å². The average molecular weight is 652 g/mol. The van der Waals surface area contributed by atoms with E-state index in [4.69, 9.17) is 0 Å². The fourth-order valence-corrected chi connectivity index (χ4v) is 8.32. The summed E-state index contributed by atoms with van der Waals surface area (Å²) in [5.74, 6) is -0.106. The lowest BCUT2D eigenvalue weighted by Crippen LogP contribution is -2.46. The van der Waals surface area contributed by atoms with E-state index in [2.05, 4.69) is 98.2 Å². The molecular weight excluding hydrogens is 599 g/mol. The lowest BCUT2D eigenvalue weighted by molar-refractivity contribution is -0.119. The highest BCUT2D eigenvalue weighted by atomic mass is 28.2. The second-order valence-corrected chi connectivity index (χ2v) is 16.0. The van der Waals surface area contributed by atoms with Gasteiger partial charge in [0.05, 0.1) is 33.4 Å². The molecule has 8 heteroatoms. The van der Waals surface area contributed by atoms with Crippen LogP contribution >= 0.6 is 0 Å². The molecule has 250 valence electrons. The largest absolute Gasteiger partial charge is 0.364 e. The number of hydrogen-bond acceptors (Lipinski definition) is 4. The second-order valence-electron chi connectivity index (χ2n) is 15.5. The molecular formula is C39H53N5O2Si. The van der Waals surface area contributed by atoms with Crippen molar-refractivity contribution in [2.24, 2.45) is 29.2 Å². The molecule has 2 heterocycles. The van der Waals surface area contributed by atoms with E-state index in [0.29, 0.717) is 21.8 Å². The van der Waals surface area contributed by atoms with Crippen molar-refractivity contribution in [3.63, 3.8) is 0 Å². The fourth-order valence-electron chi connectivity index (χ4n) is 7.31.